The van der Waals surface area contributed by atoms with Gasteiger partial charge in [-0.05, 0) is 42.2 Å². The molecule has 0 aliphatic heterocycles. The Morgan fingerprint density at radius 3 is 2.55 bits per heavy atom. The van der Waals surface area contributed by atoms with Crippen LogP contribution in [0.15, 0.2) is 59.9 Å². The summed E-state index contributed by atoms with van der Waals surface area (Å²) in [6.45, 7) is 0. The summed E-state index contributed by atoms with van der Waals surface area (Å²) in [5.74, 6) is -1.14. The molecule has 1 unspecified atom stereocenters. The monoisotopic (exact) mass is 430 g/mol. The standard InChI is InChI=1S/C20H19ClN4O3S/c21-15-4-2-1-3-14(15)19(20(22)26)13-7-8-17(18(9-13)29(23,27)28)25-10-16(24-11-25)12-5-6-12/h1-4,7-12,19H,5-6H2,(H2,22,26)(H2,23,27,28). The van der Waals surface area contributed by atoms with Gasteiger partial charge < -0.3 is 10.3 Å². The van der Waals surface area contributed by atoms with Crippen LogP contribution in [0.5, 0.6) is 0 Å². The van der Waals surface area contributed by atoms with Gasteiger partial charge in [0.25, 0.3) is 0 Å². The van der Waals surface area contributed by atoms with Gasteiger partial charge in [-0.2, -0.15) is 0 Å². The van der Waals surface area contributed by atoms with E-state index >= 15 is 0 Å². The number of rotatable bonds is 6. The summed E-state index contributed by atoms with van der Waals surface area (Å²) in [5.41, 5.74) is 7.79. The summed E-state index contributed by atoms with van der Waals surface area (Å²) >= 11 is 6.24. The van der Waals surface area contributed by atoms with Gasteiger partial charge in [-0.15, -0.1) is 0 Å². The molecule has 1 amide bonds. The number of nitrogens with two attached hydrogens (primary N) is 2. The van der Waals surface area contributed by atoms with Crippen molar-refractivity contribution in [3.63, 3.8) is 0 Å². The lowest BCUT2D eigenvalue weighted by Crippen LogP contribution is -2.24. The number of primary sulfonamides is 1. The normalized spacial score (nSPS) is 15.2. The lowest BCUT2D eigenvalue weighted by molar-refractivity contribution is -0.118. The van der Waals surface area contributed by atoms with Crippen LogP contribution in [0.1, 0.15) is 41.5 Å². The quantitative estimate of drug-likeness (QED) is 0.624. The van der Waals surface area contributed by atoms with Gasteiger partial charge in [0.2, 0.25) is 15.9 Å². The van der Waals surface area contributed by atoms with Crippen LogP contribution in [0.2, 0.25) is 5.02 Å². The maximum atomic E-state index is 12.3. The topological polar surface area (TPSA) is 121 Å². The number of hydrogen-bond donors (Lipinski definition) is 2. The van der Waals surface area contributed by atoms with Gasteiger partial charge in [-0.25, -0.2) is 18.5 Å². The summed E-state index contributed by atoms with van der Waals surface area (Å²) in [4.78, 5) is 16.5. The van der Waals surface area contributed by atoms with Crippen molar-refractivity contribution < 1.29 is 13.2 Å². The van der Waals surface area contributed by atoms with Crippen LogP contribution in [-0.2, 0) is 14.8 Å². The summed E-state index contributed by atoms with van der Waals surface area (Å²) in [6.07, 6.45) is 5.53. The van der Waals surface area contributed by atoms with Gasteiger partial charge in [0.15, 0.2) is 0 Å². The van der Waals surface area contributed by atoms with Gasteiger partial charge in [0.1, 0.15) is 4.90 Å². The second kappa shape index (κ2) is 7.29. The highest BCUT2D eigenvalue weighted by Crippen LogP contribution is 2.39. The molecule has 29 heavy (non-hydrogen) atoms. The fourth-order valence-corrected chi connectivity index (χ4v) is 4.43. The van der Waals surface area contributed by atoms with E-state index in [4.69, 9.17) is 22.5 Å². The highest BCUT2D eigenvalue weighted by molar-refractivity contribution is 7.89. The number of sulfonamides is 1. The molecular formula is C20H19ClN4O3S. The summed E-state index contributed by atoms with van der Waals surface area (Å²) in [5, 5.41) is 5.85. The molecule has 4 N–H and O–H groups in total. The predicted octanol–water partition coefficient (Wildman–Crippen LogP) is 2.67. The third-order valence-corrected chi connectivity index (χ3v) is 6.29. The van der Waals surface area contributed by atoms with Crippen molar-refractivity contribution in [3.05, 3.63) is 76.8 Å². The molecule has 1 heterocycles. The number of primary amides is 1. The number of amides is 1. The zero-order valence-electron chi connectivity index (χ0n) is 15.3. The van der Waals surface area contributed by atoms with E-state index in [9.17, 15) is 13.2 Å². The molecule has 0 spiro atoms. The van der Waals surface area contributed by atoms with Crippen molar-refractivity contribution in [2.24, 2.45) is 10.9 Å². The molecule has 150 valence electrons. The minimum atomic E-state index is -4.08. The maximum absolute atomic E-state index is 12.3. The fraction of sp³-hybridized carbons (Fsp3) is 0.200. The van der Waals surface area contributed by atoms with E-state index in [1.165, 1.54) is 6.07 Å². The Bertz CT molecular complexity index is 1200. The van der Waals surface area contributed by atoms with Crippen molar-refractivity contribution in [2.45, 2.75) is 29.6 Å². The van der Waals surface area contributed by atoms with Gasteiger partial charge in [-0.3, -0.25) is 4.79 Å². The number of halogens is 1. The van der Waals surface area contributed by atoms with Gasteiger partial charge >= 0.3 is 0 Å². The molecule has 0 saturated heterocycles. The maximum Gasteiger partial charge on any atom is 0.240 e. The molecule has 7 nitrogen and oxygen atoms in total. The summed E-state index contributed by atoms with van der Waals surface area (Å²) < 4.78 is 26.3. The molecule has 3 aromatic rings. The first kappa shape index (κ1) is 19.6. The Kier molecular flexibility index (Phi) is 4.94. The number of imidazole rings is 1. The molecule has 0 radical (unpaired) electrons. The minimum absolute atomic E-state index is 0.118. The molecule has 2 aromatic carbocycles. The zero-order chi connectivity index (χ0) is 20.8. The number of carbonyl (C=O) groups excluding carboxylic acids is 1. The van der Waals surface area contributed by atoms with Gasteiger partial charge in [0.05, 0.1) is 23.6 Å². The molecule has 1 saturated carbocycles. The van der Waals surface area contributed by atoms with Crippen molar-refractivity contribution in [1.29, 1.82) is 0 Å². The van der Waals surface area contributed by atoms with Crippen molar-refractivity contribution in [2.75, 3.05) is 0 Å². The summed E-state index contributed by atoms with van der Waals surface area (Å²) in [7, 11) is -4.08. The number of carbonyl (C=O) groups is 1. The van der Waals surface area contributed by atoms with Crippen LogP contribution in [0.3, 0.4) is 0 Å². The highest BCUT2D eigenvalue weighted by atomic mass is 35.5. The highest BCUT2D eigenvalue weighted by Gasteiger charge is 2.28. The molecule has 9 heteroatoms. The summed E-state index contributed by atoms with van der Waals surface area (Å²) in [6, 6.07) is 11.4. The van der Waals surface area contributed by atoms with E-state index < -0.39 is 21.8 Å². The Morgan fingerprint density at radius 1 is 1.21 bits per heavy atom. The van der Waals surface area contributed by atoms with Crippen LogP contribution in [0.4, 0.5) is 0 Å². The first-order valence-electron chi connectivity index (χ1n) is 9.00. The van der Waals surface area contributed by atoms with Crippen molar-refractivity contribution in [3.8, 4) is 5.69 Å². The molecular weight excluding hydrogens is 412 g/mol. The average Bonchev–Trinajstić information content (AvgIpc) is 3.40. The van der Waals surface area contributed by atoms with E-state index in [1.807, 2.05) is 0 Å². The molecule has 1 atom stereocenters. The van der Waals surface area contributed by atoms with E-state index in [0.29, 0.717) is 27.8 Å². The van der Waals surface area contributed by atoms with Crippen molar-refractivity contribution in [1.82, 2.24) is 9.55 Å². The lowest BCUT2D eigenvalue weighted by atomic mass is 9.90. The SMILES string of the molecule is NC(=O)C(c1ccc(-n2cnc(C3CC3)c2)c(S(N)(=O)=O)c1)c1ccccc1Cl. The lowest BCUT2D eigenvalue weighted by Gasteiger charge is -2.18. The molecule has 1 aliphatic carbocycles. The third kappa shape index (κ3) is 3.91. The van der Waals surface area contributed by atoms with Crippen molar-refractivity contribution >= 4 is 27.5 Å². The average molecular weight is 431 g/mol. The number of hydrogen-bond acceptors (Lipinski definition) is 4. The van der Waals surface area contributed by atoms with Crippen LogP contribution < -0.4 is 10.9 Å². The Hall–Kier alpha value is -2.68. The first-order valence-corrected chi connectivity index (χ1v) is 10.9. The molecule has 0 bridgehead atoms. The Balaban J connectivity index is 1.85. The van der Waals surface area contributed by atoms with E-state index in [1.54, 1.807) is 53.5 Å². The number of nitrogens with zero attached hydrogens (tertiary/aromatic N) is 2. The Morgan fingerprint density at radius 2 is 1.93 bits per heavy atom. The van der Waals surface area contributed by atoms with Crippen LogP contribution >= 0.6 is 11.6 Å². The molecule has 1 aliphatic rings. The zero-order valence-corrected chi connectivity index (χ0v) is 16.9. The van der Waals surface area contributed by atoms with E-state index in [0.717, 1.165) is 18.5 Å². The third-order valence-electron chi connectivity index (χ3n) is 5.00. The van der Waals surface area contributed by atoms with Gasteiger partial charge in [-0.1, -0.05) is 35.9 Å². The van der Waals surface area contributed by atoms with Crippen LogP contribution in [-0.4, -0.2) is 23.9 Å². The smallest absolute Gasteiger partial charge is 0.240 e. The second-order valence-electron chi connectivity index (χ2n) is 7.11. The second-order valence-corrected chi connectivity index (χ2v) is 9.05. The fourth-order valence-electron chi connectivity index (χ4n) is 3.42. The number of benzene rings is 2. The molecule has 1 fully saturated rings. The van der Waals surface area contributed by atoms with E-state index in [2.05, 4.69) is 4.98 Å². The molecule has 1 aromatic heterocycles. The minimum Gasteiger partial charge on any atom is -0.369 e. The predicted molar refractivity (Wildman–Crippen MR) is 109 cm³/mol. The van der Waals surface area contributed by atoms with Crippen LogP contribution in [0.25, 0.3) is 5.69 Å². The molecule has 4 rings (SSSR count). The largest absolute Gasteiger partial charge is 0.369 e. The van der Waals surface area contributed by atoms with Crippen LogP contribution in [0, 0.1) is 0 Å². The van der Waals surface area contributed by atoms with Gasteiger partial charge in [0, 0.05) is 17.1 Å². The first-order chi connectivity index (χ1) is 13.8. The van der Waals surface area contributed by atoms with E-state index in [-0.39, 0.29) is 4.90 Å². The number of aromatic nitrogens is 2. The Labute approximate surface area is 173 Å².